The summed E-state index contributed by atoms with van der Waals surface area (Å²) in [7, 11) is 0. The van der Waals surface area contributed by atoms with Crippen molar-refractivity contribution in [1.29, 1.82) is 0 Å². The first kappa shape index (κ1) is 9.45. The molecule has 0 aliphatic carbocycles. The van der Waals surface area contributed by atoms with Crippen molar-refractivity contribution >= 4 is 0 Å². The van der Waals surface area contributed by atoms with E-state index in [4.69, 9.17) is 0 Å². The maximum Gasteiger partial charge on any atom is 0.471 e. The molecule has 78 valence electrons. The smallest absolute Gasteiger partial charge is 0.329 e. The molecule has 4 nitrogen and oxygen atoms in total. The van der Waals surface area contributed by atoms with Crippen LogP contribution in [0.5, 0.6) is 0 Å². The SMILES string of the molecule is FC(F)(F)c1nc(C2CCCN2)no1. The normalized spacial score (nSPS) is 22.9. The first-order valence-electron chi connectivity index (χ1n) is 4.21. The molecular weight excluding hydrogens is 199 g/mol. The molecule has 1 fully saturated rings. The number of rotatable bonds is 1. The molecule has 1 aromatic heterocycles. The van der Waals surface area contributed by atoms with E-state index in [1.807, 2.05) is 0 Å². The minimum Gasteiger partial charge on any atom is -0.329 e. The summed E-state index contributed by atoms with van der Waals surface area (Å²) >= 11 is 0. The number of nitrogens with one attached hydrogen (secondary N) is 1. The van der Waals surface area contributed by atoms with Crippen LogP contribution in [0.1, 0.15) is 30.6 Å². The highest BCUT2D eigenvalue weighted by atomic mass is 19.4. The number of aromatic nitrogens is 2. The average Bonchev–Trinajstić information content (AvgIpc) is 2.73. The zero-order chi connectivity index (χ0) is 10.2. The summed E-state index contributed by atoms with van der Waals surface area (Å²) in [6.45, 7) is 0.778. The van der Waals surface area contributed by atoms with Gasteiger partial charge in [-0.1, -0.05) is 5.16 Å². The third kappa shape index (κ3) is 1.72. The molecule has 0 amide bonds. The van der Waals surface area contributed by atoms with Crippen LogP contribution >= 0.6 is 0 Å². The highest BCUT2D eigenvalue weighted by Crippen LogP contribution is 2.29. The summed E-state index contributed by atoms with van der Waals surface area (Å²) in [6.07, 6.45) is -2.89. The fourth-order valence-corrected chi connectivity index (χ4v) is 1.40. The molecule has 1 N–H and O–H groups in total. The Morgan fingerprint density at radius 3 is 2.71 bits per heavy atom. The van der Waals surface area contributed by atoms with Crippen LogP contribution < -0.4 is 5.32 Å². The molecule has 1 aliphatic heterocycles. The Morgan fingerprint density at radius 1 is 1.43 bits per heavy atom. The molecule has 2 heterocycles. The van der Waals surface area contributed by atoms with Crippen LogP contribution in [-0.4, -0.2) is 16.7 Å². The van der Waals surface area contributed by atoms with Gasteiger partial charge in [0.15, 0.2) is 5.82 Å². The quantitative estimate of drug-likeness (QED) is 0.758. The summed E-state index contributed by atoms with van der Waals surface area (Å²) < 4.78 is 40.3. The maximum atomic E-state index is 12.1. The fourth-order valence-electron chi connectivity index (χ4n) is 1.40. The molecule has 0 saturated carbocycles. The van der Waals surface area contributed by atoms with Gasteiger partial charge in [-0.3, -0.25) is 0 Å². The summed E-state index contributed by atoms with van der Waals surface area (Å²) in [5.74, 6) is -1.18. The van der Waals surface area contributed by atoms with Gasteiger partial charge in [-0.2, -0.15) is 18.2 Å². The van der Waals surface area contributed by atoms with Gasteiger partial charge in [-0.05, 0) is 19.4 Å². The van der Waals surface area contributed by atoms with Gasteiger partial charge in [0.05, 0.1) is 6.04 Å². The lowest BCUT2D eigenvalue weighted by Crippen LogP contribution is -2.14. The topological polar surface area (TPSA) is 51.0 Å². The van der Waals surface area contributed by atoms with E-state index in [1.165, 1.54) is 0 Å². The number of alkyl halides is 3. The van der Waals surface area contributed by atoms with Crippen molar-refractivity contribution in [2.24, 2.45) is 0 Å². The Labute approximate surface area is 77.5 Å². The molecule has 0 bridgehead atoms. The average molecular weight is 207 g/mol. The van der Waals surface area contributed by atoms with Gasteiger partial charge >= 0.3 is 12.1 Å². The van der Waals surface area contributed by atoms with Crippen molar-refractivity contribution in [1.82, 2.24) is 15.5 Å². The highest BCUT2D eigenvalue weighted by molar-refractivity contribution is 4.98. The Hall–Kier alpha value is -1.11. The summed E-state index contributed by atoms with van der Waals surface area (Å²) in [4.78, 5) is 3.30. The Balaban J connectivity index is 2.17. The Morgan fingerprint density at radius 2 is 2.21 bits per heavy atom. The van der Waals surface area contributed by atoms with Crippen LogP contribution in [0.3, 0.4) is 0 Å². The fraction of sp³-hybridized carbons (Fsp3) is 0.714. The molecule has 0 spiro atoms. The summed E-state index contributed by atoms with van der Waals surface area (Å²) in [5.41, 5.74) is 0. The lowest BCUT2D eigenvalue weighted by Gasteiger charge is -2.01. The van der Waals surface area contributed by atoms with Crippen LogP contribution in [0.2, 0.25) is 0 Å². The lowest BCUT2D eigenvalue weighted by molar-refractivity contribution is -0.159. The molecule has 7 heteroatoms. The standard InChI is InChI=1S/C7H8F3N3O/c8-7(9,10)6-12-5(13-14-6)4-2-1-3-11-4/h4,11H,1-3H2. The third-order valence-electron chi connectivity index (χ3n) is 2.06. The third-order valence-corrected chi connectivity index (χ3v) is 2.06. The molecule has 2 rings (SSSR count). The second-order valence-corrected chi connectivity index (χ2v) is 3.10. The minimum atomic E-state index is -4.55. The molecule has 0 radical (unpaired) electrons. The van der Waals surface area contributed by atoms with E-state index < -0.39 is 12.1 Å². The van der Waals surface area contributed by atoms with Crippen molar-refractivity contribution in [2.45, 2.75) is 25.1 Å². The summed E-state index contributed by atoms with van der Waals surface area (Å²) in [6, 6.07) is -0.199. The lowest BCUT2D eigenvalue weighted by atomic mass is 10.2. The zero-order valence-corrected chi connectivity index (χ0v) is 7.14. The zero-order valence-electron chi connectivity index (χ0n) is 7.14. The van der Waals surface area contributed by atoms with Crippen molar-refractivity contribution in [3.05, 3.63) is 11.7 Å². The van der Waals surface area contributed by atoms with Crippen molar-refractivity contribution in [3.8, 4) is 0 Å². The van der Waals surface area contributed by atoms with Crippen LogP contribution in [-0.2, 0) is 6.18 Å². The predicted molar refractivity (Wildman–Crippen MR) is 39.3 cm³/mol. The molecule has 1 aliphatic rings. The molecule has 0 aromatic carbocycles. The van der Waals surface area contributed by atoms with E-state index in [-0.39, 0.29) is 11.9 Å². The highest BCUT2D eigenvalue weighted by Gasteiger charge is 2.39. The van der Waals surface area contributed by atoms with E-state index in [2.05, 4.69) is 20.0 Å². The van der Waals surface area contributed by atoms with Crippen LogP contribution in [0, 0.1) is 0 Å². The van der Waals surface area contributed by atoms with E-state index in [0.29, 0.717) is 0 Å². The second-order valence-electron chi connectivity index (χ2n) is 3.10. The Bertz CT molecular complexity index is 316. The molecule has 1 unspecified atom stereocenters. The van der Waals surface area contributed by atoms with Crippen molar-refractivity contribution < 1.29 is 17.7 Å². The first-order valence-corrected chi connectivity index (χ1v) is 4.21. The maximum absolute atomic E-state index is 12.1. The second kappa shape index (κ2) is 3.23. The van der Waals surface area contributed by atoms with Crippen LogP contribution in [0.4, 0.5) is 13.2 Å². The van der Waals surface area contributed by atoms with Gasteiger partial charge in [0, 0.05) is 0 Å². The summed E-state index contributed by atoms with van der Waals surface area (Å²) in [5, 5.41) is 6.28. The predicted octanol–water partition coefficient (Wildman–Crippen LogP) is 1.51. The number of hydrogen-bond donors (Lipinski definition) is 1. The van der Waals surface area contributed by atoms with E-state index in [0.717, 1.165) is 19.4 Å². The molecule has 1 aromatic rings. The number of halogens is 3. The molecule has 1 saturated heterocycles. The largest absolute Gasteiger partial charge is 0.471 e. The molecule has 1 atom stereocenters. The number of nitrogens with zero attached hydrogens (tertiary/aromatic N) is 2. The van der Waals surface area contributed by atoms with Gasteiger partial charge in [-0.25, -0.2) is 0 Å². The van der Waals surface area contributed by atoms with E-state index in [1.54, 1.807) is 0 Å². The van der Waals surface area contributed by atoms with Crippen LogP contribution in [0.15, 0.2) is 4.52 Å². The first-order chi connectivity index (χ1) is 6.57. The minimum absolute atomic E-state index is 0.0924. The van der Waals surface area contributed by atoms with E-state index in [9.17, 15) is 13.2 Å². The van der Waals surface area contributed by atoms with Gasteiger partial charge in [0.25, 0.3) is 0 Å². The van der Waals surface area contributed by atoms with Crippen LogP contribution in [0.25, 0.3) is 0 Å². The van der Waals surface area contributed by atoms with Crippen molar-refractivity contribution in [3.63, 3.8) is 0 Å². The van der Waals surface area contributed by atoms with E-state index >= 15 is 0 Å². The molecular formula is C7H8F3N3O. The monoisotopic (exact) mass is 207 g/mol. The van der Waals surface area contributed by atoms with Gasteiger partial charge < -0.3 is 9.84 Å². The number of hydrogen-bond acceptors (Lipinski definition) is 4. The van der Waals surface area contributed by atoms with Crippen molar-refractivity contribution in [2.75, 3.05) is 6.54 Å². The van der Waals surface area contributed by atoms with Gasteiger partial charge in [-0.15, -0.1) is 0 Å². The Kier molecular flexibility index (Phi) is 2.18. The van der Waals surface area contributed by atoms with Gasteiger partial charge in [0.1, 0.15) is 0 Å². The van der Waals surface area contributed by atoms with Gasteiger partial charge in [0.2, 0.25) is 0 Å². The molecule has 14 heavy (non-hydrogen) atoms.